The number of hydrogen-bond donors (Lipinski definition) is 1. The van der Waals surface area contributed by atoms with Crippen molar-refractivity contribution < 1.29 is 0 Å². The fourth-order valence-corrected chi connectivity index (χ4v) is 1.38. The van der Waals surface area contributed by atoms with E-state index >= 15 is 0 Å². The van der Waals surface area contributed by atoms with E-state index in [4.69, 9.17) is 18.0 Å². The average molecular weight is 248 g/mol. The smallest absolute Gasteiger partial charge is 0.208 e. The lowest BCUT2D eigenvalue weighted by Gasteiger charge is -2.05. The summed E-state index contributed by atoms with van der Waals surface area (Å²) in [4.78, 5) is 12.5. The van der Waals surface area contributed by atoms with Crippen LogP contribution in [0.2, 0.25) is 0 Å². The number of hydrogen-bond acceptors (Lipinski definition) is 5. The highest BCUT2D eigenvalue weighted by molar-refractivity contribution is 7.80. The second kappa shape index (κ2) is 4.54. The first kappa shape index (κ1) is 11.6. The highest BCUT2D eigenvalue weighted by Gasteiger charge is 2.08. The molecule has 0 aromatic carbocycles. The van der Waals surface area contributed by atoms with Crippen LogP contribution < -0.4 is 5.73 Å². The molecule has 2 aromatic heterocycles. The minimum Gasteiger partial charge on any atom is -0.387 e. The van der Waals surface area contributed by atoms with E-state index in [-0.39, 0.29) is 4.99 Å². The quantitative estimate of drug-likeness (QED) is 0.810. The third-order valence-electron chi connectivity index (χ3n) is 2.21. The maximum Gasteiger partial charge on any atom is 0.208 e. The first-order valence-electron chi connectivity index (χ1n) is 5.11. The highest BCUT2D eigenvalue weighted by Crippen LogP contribution is 2.12. The Kier molecular flexibility index (Phi) is 3.10. The molecular formula is C10H12N6S. The lowest BCUT2D eigenvalue weighted by Crippen LogP contribution is -2.12. The predicted octanol–water partition coefficient (Wildman–Crippen LogP) is 0.815. The first-order valence-corrected chi connectivity index (χ1v) is 5.52. The number of nitrogens with two attached hydrogens (primary N) is 1. The summed E-state index contributed by atoms with van der Waals surface area (Å²) in [6.07, 6.45) is 3.04. The van der Waals surface area contributed by atoms with E-state index < -0.39 is 0 Å². The van der Waals surface area contributed by atoms with E-state index in [0.29, 0.717) is 17.6 Å². The Labute approximate surface area is 104 Å². The molecule has 2 rings (SSSR count). The number of rotatable bonds is 3. The van der Waals surface area contributed by atoms with Crippen molar-refractivity contribution in [3.8, 4) is 5.82 Å². The molecule has 2 aromatic rings. The third kappa shape index (κ3) is 2.44. The van der Waals surface area contributed by atoms with Crippen LogP contribution in [0.1, 0.15) is 31.3 Å². The number of nitrogens with zero attached hydrogens (tertiary/aromatic N) is 5. The Hall–Kier alpha value is -1.89. The van der Waals surface area contributed by atoms with Gasteiger partial charge in [0.1, 0.15) is 17.6 Å². The van der Waals surface area contributed by atoms with E-state index in [1.54, 1.807) is 0 Å². The SMILES string of the molecule is CC(C)c1cc(-n2cnc(C(N)=S)n2)ncn1. The molecule has 0 saturated carbocycles. The molecule has 0 atom stereocenters. The zero-order valence-electron chi connectivity index (χ0n) is 9.53. The van der Waals surface area contributed by atoms with Crippen molar-refractivity contribution in [1.29, 1.82) is 0 Å². The van der Waals surface area contributed by atoms with E-state index in [2.05, 4.69) is 33.9 Å². The zero-order valence-corrected chi connectivity index (χ0v) is 10.3. The van der Waals surface area contributed by atoms with Gasteiger partial charge in [0.2, 0.25) is 5.82 Å². The van der Waals surface area contributed by atoms with Gasteiger partial charge in [0.25, 0.3) is 0 Å². The van der Waals surface area contributed by atoms with Crippen LogP contribution in [0.4, 0.5) is 0 Å². The summed E-state index contributed by atoms with van der Waals surface area (Å²) in [5.41, 5.74) is 6.39. The van der Waals surface area contributed by atoms with Gasteiger partial charge >= 0.3 is 0 Å². The van der Waals surface area contributed by atoms with E-state index in [1.165, 1.54) is 17.3 Å². The Morgan fingerprint density at radius 1 is 1.35 bits per heavy atom. The van der Waals surface area contributed by atoms with Gasteiger partial charge in [-0.1, -0.05) is 26.1 Å². The predicted molar refractivity (Wildman–Crippen MR) is 66.9 cm³/mol. The average Bonchev–Trinajstić information content (AvgIpc) is 2.78. The van der Waals surface area contributed by atoms with Crippen LogP contribution in [0.15, 0.2) is 18.7 Å². The minimum absolute atomic E-state index is 0.168. The van der Waals surface area contributed by atoms with Crippen LogP contribution >= 0.6 is 12.2 Å². The number of thiocarbonyl (C=S) groups is 1. The van der Waals surface area contributed by atoms with Crippen molar-refractivity contribution >= 4 is 17.2 Å². The van der Waals surface area contributed by atoms with Crippen LogP contribution in [-0.2, 0) is 0 Å². The molecule has 0 aliphatic heterocycles. The van der Waals surface area contributed by atoms with Gasteiger partial charge in [0.15, 0.2) is 5.82 Å². The van der Waals surface area contributed by atoms with Gasteiger partial charge in [-0.2, -0.15) is 0 Å². The van der Waals surface area contributed by atoms with Crippen LogP contribution in [0.5, 0.6) is 0 Å². The monoisotopic (exact) mass is 248 g/mol. The van der Waals surface area contributed by atoms with E-state index in [0.717, 1.165) is 5.69 Å². The summed E-state index contributed by atoms with van der Waals surface area (Å²) < 4.78 is 1.53. The normalized spacial score (nSPS) is 10.8. The molecule has 0 amide bonds. The molecule has 6 nitrogen and oxygen atoms in total. The molecule has 17 heavy (non-hydrogen) atoms. The summed E-state index contributed by atoms with van der Waals surface area (Å²) >= 11 is 4.80. The van der Waals surface area contributed by atoms with E-state index in [9.17, 15) is 0 Å². The Morgan fingerprint density at radius 2 is 2.12 bits per heavy atom. The summed E-state index contributed by atoms with van der Waals surface area (Å²) in [5, 5.41) is 4.13. The lowest BCUT2D eigenvalue weighted by atomic mass is 10.1. The second-order valence-corrected chi connectivity index (χ2v) is 4.27. The van der Waals surface area contributed by atoms with Crippen molar-refractivity contribution in [2.75, 3.05) is 0 Å². The van der Waals surface area contributed by atoms with Crippen LogP contribution in [-0.4, -0.2) is 29.7 Å². The standard InChI is InChI=1S/C10H12N6S/c1-6(2)7-3-8(13-4-12-7)16-5-14-10(15-16)9(11)17/h3-6H,1-2H3,(H2,11,17). The third-order valence-corrected chi connectivity index (χ3v) is 2.39. The molecule has 0 unspecified atom stereocenters. The minimum atomic E-state index is 0.168. The Balaban J connectivity index is 2.38. The molecule has 0 fully saturated rings. The molecule has 2 heterocycles. The van der Waals surface area contributed by atoms with Crippen molar-refractivity contribution in [3.05, 3.63) is 30.2 Å². The number of aromatic nitrogens is 5. The van der Waals surface area contributed by atoms with E-state index in [1.807, 2.05) is 6.07 Å². The molecule has 0 saturated heterocycles. The van der Waals surface area contributed by atoms with Crippen LogP contribution in [0, 0.1) is 0 Å². The fraction of sp³-hybridized carbons (Fsp3) is 0.300. The topological polar surface area (TPSA) is 82.5 Å². The summed E-state index contributed by atoms with van der Waals surface area (Å²) in [6.45, 7) is 4.13. The molecule has 0 aliphatic carbocycles. The maximum atomic E-state index is 5.44. The molecule has 0 bridgehead atoms. The molecular weight excluding hydrogens is 236 g/mol. The van der Waals surface area contributed by atoms with Crippen molar-refractivity contribution in [1.82, 2.24) is 24.7 Å². The molecule has 2 N–H and O–H groups in total. The molecule has 0 spiro atoms. The second-order valence-electron chi connectivity index (χ2n) is 3.83. The van der Waals surface area contributed by atoms with Crippen LogP contribution in [0.25, 0.3) is 5.82 Å². The van der Waals surface area contributed by atoms with Gasteiger partial charge in [-0.25, -0.2) is 19.6 Å². The van der Waals surface area contributed by atoms with Crippen LogP contribution in [0.3, 0.4) is 0 Å². The summed E-state index contributed by atoms with van der Waals surface area (Å²) in [5.74, 6) is 1.32. The van der Waals surface area contributed by atoms with Gasteiger partial charge < -0.3 is 5.73 Å². The van der Waals surface area contributed by atoms with Gasteiger partial charge in [-0.05, 0) is 5.92 Å². The fourth-order valence-electron chi connectivity index (χ4n) is 1.29. The van der Waals surface area contributed by atoms with Gasteiger partial charge in [0, 0.05) is 11.8 Å². The molecule has 0 aliphatic rings. The molecule has 7 heteroatoms. The Morgan fingerprint density at radius 3 is 2.71 bits per heavy atom. The Bertz CT molecular complexity index is 547. The largest absolute Gasteiger partial charge is 0.387 e. The van der Waals surface area contributed by atoms with Crippen molar-refractivity contribution in [2.45, 2.75) is 19.8 Å². The van der Waals surface area contributed by atoms with Gasteiger partial charge in [-0.3, -0.25) is 0 Å². The molecule has 0 radical (unpaired) electrons. The van der Waals surface area contributed by atoms with Gasteiger partial charge in [0.05, 0.1) is 0 Å². The van der Waals surface area contributed by atoms with Gasteiger partial charge in [-0.15, -0.1) is 5.10 Å². The van der Waals surface area contributed by atoms with Crippen molar-refractivity contribution in [3.63, 3.8) is 0 Å². The first-order chi connectivity index (χ1) is 8.08. The summed E-state index contributed by atoms with van der Waals surface area (Å²) in [6, 6.07) is 1.86. The lowest BCUT2D eigenvalue weighted by molar-refractivity contribution is 0.782. The highest BCUT2D eigenvalue weighted by atomic mass is 32.1. The maximum absolute atomic E-state index is 5.44. The van der Waals surface area contributed by atoms with Crippen molar-refractivity contribution in [2.24, 2.45) is 5.73 Å². The summed E-state index contributed by atoms with van der Waals surface area (Å²) in [7, 11) is 0. The molecule has 88 valence electrons. The zero-order chi connectivity index (χ0) is 12.4.